The first-order valence-electron chi connectivity index (χ1n) is 11.8. The van der Waals surface area contributed by atoms with Crippen molar-refractivity contribution < 1.29 is 17.7 Å². The van der Waals surface area contributed by atoms with Crippen molar-refractivity contribution in [2.24, 2.45) is 0 Å². The van der Waals surface area contributed by atoms with E-state index in [4.69, 9.17) is 16.1 Å². The van der Waals surface area contributed by atoms with E-state index in [2.05, 4.69) is 15.5 Å². The van der Waals surface area contributed by atoms with Gasteiger partial charge in [0.15, 0.2) is 5.82 Å². The van der Waals surface area contributed by atoms with Crippen LogP contribution in [0.5, 0.6) is 0 Å². The van der Waals surface area contributed by atoms with Gasteiger partial charge in [0.1, 0.15) is 0 Å². The molecule has 8 nitrogen and oxygen atoms in total. The lowest BCUT2D eigenvalue weighted by Crippen LogP contribution is -2.29. The number of anilines is 2. The summed E-state index contributed by atoms with van der Waals surface area (Å²) < 4.78 is 32.9. The van der Waals surface area contributed by atoms with Gasteiger partial charge >= 0.3 is 0 Å². The van der Waals surface area contributed by atoms with Gasteiger partial charge in [-0.25, -0.2) is 8.42 Å². The summed E-state index contributed by atoms with van der Waals surface area (Å²) in [7, 11) is -3.72. The van der Waals surface area contributed by atoms with Crippen LogP contribution in [0, 0.1) is 0 Å². The molecule has 10 heteroatoms. The molecule has 190 valence electrons. The molecular formula is C27H25ClN4O4S. The summed E-state index contributed by atoms with van der Waals surface area (Å²) in [6, 6.07) is 18.6. The molecule has 1 aliphatic rings. The first-order valence-corrected chi connectivity index (χ1v) is 13.7. The molecule has 0 radical (unpaired) electrons. The van der Waals surface area contributed by atoms with Gasteiger partial charge < -0.3 is 9.84 Å². The number of amides is 1. The lowest BCUT2D eigenvalue weighted by Gasteiger charge is -2.19. The van der Waals surface area contributed by atoms with E-state index in [-0.39, 0.29) is 16.7 Å². The van der Waals surface area contributed by atoms with Crippen molar-refractivity contribution in [1.29, 1.82) is 0 Å². The van der Waals surface area contributed by atoms with Crippen molar-refractivity contribution >= 4 is 38.9 Å². The molecule has 1 amide bonds. The van der Waals surface area contributed by atoms with Crippen LogP contribution in [0.15, 0.2) is 76.1 Å². The number of fused-ring (bicyclic) bond motifs is 1. The van der Waals surface area contributed by atoms with E-state index in [1.54, 1.807) is 30.3 Å². The van der Waals surface area contributed by atoms with Crippen LogP contribution >= 0.6 is 11.6 Å². The van der Waals surface area contributed by atoms with Gasteiger partial charge in [-0.3, -0.25) is 9.10 Å². The van der Waals surface area contributed by atoms with E-state index in [1.807, 2.05) is 38.1 Å². The first-order chi connectivity index (χ1) is 17.7. The van der Waals surface area contributed by atoms with Crippen LogP contribution in [0.2, 0.25) is 5.02 Å². The molecule has 3 aromatic carbocycles. The summed E-state index contributed by atoms with van der Waals surface area (Å²) in [4.78, 5) is 17.5. The van der Waals surface area contributed by atoms with E-state index >= 15 is 0 Å². The molecule has 0 saturated heterocycles. The molecule has 0 spiro atoms. The Bertz CT molecular complexity index is 1550. The molecule has 0 bridgehead atoms. The minimum absolute atomic E-state index is 0.175. The quantitative estimate of drug-likeness (QED) is 0.337. The normalized spacial score (nSPS) is 13.1. The average molecular weight is 537 g/mol. The van der Waals surface area contributed by atoms with Crippen molar-refractivity contribution in [1.82, 2.24) is 10.1 Å². The average Bonchev–Trinajstić information content (AvgIpc) is 3.53. The molecule has 0 saturated carbocycles. The van der Waals surface area contributed by atoms with Gasteiger partial charge in [-0.15, -0.1) is 0 Å². The second-order valence-corrected chi connectivity index (χ2v) is 11.5. The number of carbonyl (C=O) groups excluding carboxylic acids is 1. The van der Waals surface area contributed by atoms with Crippen molar-refractivity contribution in [3.05, 3.63) is 100 Å². The highest BCUT2D eigenvalue weighted by Crippen LogP contribution is 2.34. The van der Waals surface area contributed by atoms with Gasteiger partial charge in [0.25, 0.3) is 15.9 Å². The number of nitrogens with one attached hydrogen (secondary N) is 1. The third kappa shape index (κ3) is 5.23. The van der Waals surface area contributed by atoms with Crippen molar-refractivity contribution in [3.63, 3.8) is 0 Å². The second kappa shape index (κ2) is 9.99. The van der Waals surface area contributed by atoms with E-state index < -0.39 is 10.0 Å². The fraction of sp³-hybridized carbons (Fsp3) is 0.222. The number of rotatable bonds is 7. The number of sulfonamides is 1. The molecule has 1 aromatic heterocycles. The Balaban J connectivity index is 1.26. The topological polar surface area (TPSA) is 105 Å². The first kappa shape index (κ1) is 25.0. The molecule has 4 aromatic rings. The highest BCUT2D eigenvalue weighted by molar-refractivity contribution is 7.92. The van der Waals surface area contributed by atoms with E-state index in [0.29, 0.717) is 53.1 Å². The van der Waals surface area contributed by atoms with Crippen LogP contribution in [0.4, 0.5) is 11.4 Å². The van der Waals surface area contributed by atoms with Gasteiger partial charge in [-0.05, 0) is 72.1 Å². The number of hydrogen-bond donors (Lipinski definition) is 1. The molecule has 0 unspecified atom stereocenters. The van der Waals surface area contributed by atoms with Gasteiger partial charge in [0.2, 0.25) is 5.89 Å². The van der Waals surface area contributed by atoms with Crippen LogP contribution in [-0.2, 0) is 22.9 Å². The molecule has 2 heterocycles. The van der Waals surface area contributed by atoms with Gasteiger partial charge in [-0.2, -0.15) is 4.98 Å². The lowest BCUT2D eigenvalue weighted by atomic mass is 10.1. The monoisotopic (exact) mass is 536 g/mol. The maximum Gasteiger partial charge on any atom is 0.264 e. The maximum atomic E-state index is 13.1. The third-order valence-corrected chi connectivity index (χ3v) is 8.23. The highest BCUT2D eigenvalue weighted by Gasteiger charge is 2.31. The van der Waals surface area contributed by atoms with Gasteiger partial charge in [0.05, 0.1) is 10.6 Å². The minimum atomic E-state index is -3.72. The van der Waals surface area contributed by atoms with Gasteiger partial charge in [-0.1, -0.05) is 42.7 Å². The van der Waals surface area contributed by atoms with Gasteiger partial charge in [0, 0.05) is 35.2 Å². The fourth-order valence-corrected chi connectivity index (χ4v) is 5.79. The van der Waals surface area contributed by atoms with Crippen LogP contribution in [0.3, 0.4) is 0 Å². The largest absolute Gasteiger partial charge is 0.339 e. The van der Waals surface area contributed by atoms with Crippen LogP contribution in [0.25, 0.3) is 0 Å². The SMILES string of the molecule is CC(C)c1nc(Cc2ccc(NC(=O)c3ccc4c(c3)CCN4S(=O)(=O)c3ccc(Cl)cc3)cc2)no1. The summed E-state index contributed by atoms with van der Waals surface area (Å²) >= 11 is 5.90. The van der Waals surface area contributed by atoms with Crippen LogP contribution in [0.1, 0.15) is 53.0 Å². The zero-order chi connectivity index (χ0) is 26.2. The zero-order valence-electron chi connectivity index (χ0n) is 20.3. The number of hydrogen-bond acceptors (Lipinski definition) is 6. The Labute approximate surface area is 220 Å². The Morgan fingerprint density at radius 1 is 1.08 bits per heavy atom. The summed E-state index contributed by atoms with van der Waals surface area (Å²) in [6.07, 6.45) is 1.05. The number of nitrogens with zero attached hydrogens (tertiary/aromatic N) is 3. The smallest absolute Gasteiger partial charge is 0.264 e. The Morgan fingerprint density at radius 2 is 1.81 bits per heavy atom. The zero-order valence-corrected chi connectivity index (χ0v) is 21.9. The highest BCUT2D eigenvalue weighted by atomic mass is 35.5. The molecule has 37 heavy (non-hydrogen) atoms. The third-order valence-electron chi connectivity index (χ3n) is 6.15. The van der Waals surface area contributed by atoms with Crippen LogP contribution < -0.4 is 9.62 Å². The summed E-state index contributed by atoms with van der Waals surface area (Å²) in [5.41, 5.74) is 3.49. The lowest BCUT2D eigenvalue weighted by molar-refractivity contribution is 0.102. The Morgan fingerprint density at radius 3 is 2.49 bits per heavy atom. The number of carbonyl (C=O) groups is 1. The summed E-state index contributed by atoms with van der Waals surface area (Å²) in [6.45, 7) is 4.30. The number of aromatic nitrogens is 2. The molecule has 0 aliphatic carbocycles. The van der Waals surface area contributed by atoms with E-state index in [9.17, 15) is 13.2 Å². The predicted octanol–water partition coefficient (Wildman–Crippen LogP) is 5.44. The molecule has 1 aliphatic heterocycles. The Kier molecular flexibility index (Phi) is 6.74. The fourth-order valence-electron chi connectivity index (χ4n) is 4.16. The molecule has 0 atom stereocenters. The molecule has 0 fully saturated rings. The second-order valence-electron chi connectivity index (χ2n) is 9.16. The summed E-state index contributed by atoms with van der Waals surface area (Å²) in [5.74, 6) is 1.13. The standard InChI is InChI=1S/C27H25ClN4O4S/c1-17(2)27-30-25(31-36-27)15-18-3-8-22(9-4-18)29-26(33)20-5-12-24-19(16-20)13-14-32(24)37(34,35)23-10-6-21(28)7-11-23/h3-12,16-17H,13-15H2,1-2H3,(H,29,33). The van der Waals surface area contributed by atoms with Crippen molar-refractivity contribution in [2.75, 3.05) is 16.2 Å². The predicted molar refractivity (Wildman–Crippen MR) is 142 cm³/mol. The van der Waals surface area contributed by atoms with Crippen molar-refractivity contribution in [2.45, 2.75) is 37.5 Å². The summed E-state index contributed by atoms with van der Waals surface area (Å²) in [5, 5.41) is 7.38. The maximum absolute atomic E-state index is 13.1. The minimum Gasteiger partial charge on any atom is -0.339 e. The van der Waals surface area contributed by atoms with Crippen molar-refractivity contribution in [3.8, 4) is 0 Å². The number of benzene rings is 3. The van der Waals surface area contributed by atoms with E-state index in [1.165, 1.54) is 16.4 Å². The molecule has 1 N–H and O–H groups in total. The Hall–Kier alpha value is -3.69. The molecule has 5 rings (SSSR count). The van der Waals surface area contributed by atoms with Crippen LogP contribution in [-0.4, -0.2) is 31.0 Å². The molecular weight excluding hydrogens is 512 g/mol. The van der Waals surface area contributed by atoms with E-state index in [0.717, 1.165) is 11.1 Å². The number of halogens is 1.